The molecule has 4 nitrogen and oxygen atoms in total. The summed E-state index contributed by atoms with van der Waals surface area (Å²) in [6.07, 6.45) is 2.33. The summed E-state index contributed by atoms with van der Waals surface area (Å²) in [5, 5.41) is 2.14. The number of rotatable bonds is 6. The summed E-state index contributed by atoms with van der Waals surface area (Å²) in [6, 6.07) is 7.86. The van der Waals surface area contributed by atoms with Crippen molar-refractivity contribution in [3.05, 3.63) is 39.4 Å². The average molecular weight is 371 g/mol. The summed E-state index contributed by atoms with van der Waals surface area (Å²) in [7, 11) is -3.34. The maximum atomic E-state index is 12.2. The van der Waals surface area contributed by atoms with Crippen molar-refractivity contribution in [2.24, 2.45) is 0 Å². The van der Waals surface area contributed by atoms with Crippen LogP contribution in [-0.2, 0) is 10.0 Å². The number of nitrogens with zero attached hydrogens (tertiary/aromatic N) is 1. The SMILES string of the molecule is Cc1ccc(S(=O)(=O)NCCN2CCC(c3cccs3)CC2)s1. The highest BCUT2D eigenvalue weighted by Crippen LogP contribution is 2.30. The quantitative estimate of drug-likeness (QED) is 0.849. The van der Waals surface area contributed by atoms with Gasteiger partial charge in [-0.15, -0.1) is 22.7 Å². The lowest BCUT2D eigenvalue weighted by atomic mass is 9.95. The Labute approximate surface area is 146 Å². The molecule has 2 aromatic heterocycles. The van der Waals surface area contributed by atoms with Crippen LogP contribution in [0.15, 0.2) is 33.9 Å². The Kier molecular flexibility index (Phi) is 5.53. The number of sulfonamides is 1. The van der Waals surface area contributed by atoms with Gasteiger partial charge in [-0.3, -0.25) is 0 Å². The van der Waals surface area contributed by atoms with Gasteiger partial charge in [0.1, 0.15) is 4.21 Å². The highest BCUT2D eigenvalue weighted by atomic mass is 32.2. The molecule has 1 saturated heterocycles. The summed E-state index contributed by atoms with van der Waals surface area (Å²) < 4.78 is 27.5. The standard InChI is InChI=1S/C16H22N2O2S3/c1-13-4-5-16(22-13)23(19,20)17-8-11-18-9-6-14(7-10-18)15-3-2-12-21-15/h2-5,12,14,17H,6-11H2,1H3. The molecule has 23 heavy (non-hydrogen) atoms. The first-order chi connectivity index (χ1) is 11.0. The maximum Gasteiger partial charge on any atom is 0.250 e. The van der Waals surface area contributed by atoms with Gasteiger partial charge in [0.15, 0.2) is 0 Å². The monoisotopic (exact) mass is 370 g/mol. The van der Waals surface area contributed by atoms with E-state index in [1.165, 1.54) is 16.2 Å². The number of likely N-dealkylation sites (tertiary alicyclic amines) is 1. The molecule has 0 amide bonds. The molecule has 0 saturated carbocycles. The Balaban J connectivity index is 1.43. The minimum atomic E-state index is -3.34. The van der Waals surface area contributed by atoms with E-state index in [4.69, 9.17) is 0 Å². The lowest BCUT2D eigenvalue weighted by Gasteiger charge is -2.31. The Hall–Kier alpha value is -0.730. The highest BCUT2D eigenvalue weighted by molar-refractivity contribution is 7.91. The van der Waals surface area contributed by atoms with E-state index in [-0.39, 0.29) is 0 Å². The van der Waals surface area contributed by atoms with Gasteiger partial charge >= 0.3 is 0 Å². The summed E-state index contributed by atoms with van der Waals surface area (Å²) in [6.45, 7) is 5.26. The van der Waals surface area contributed by atoms with Crippen molar-refractivity contribution in [2.45, 2.75) is 29.9 Å². The van der Waals surface area contributed by atoms with Crippen LogP contribution >= 0.6 is 22.7 Å². The smallest absolute Gasteiger partial charge is 0.250 e. The summed E-state index contributed by atoms with van der Waals surface area (Å²) in [5.41, 5.74) is 0. The van der Waals surface area contributed by atoms with E-state index < -0.39 is 10.0 Å². The van der Waals surface area contributed by atoms with E-state index in [1.807, 2.05) is 24.3 Å². The zero-order valence-corrected chi connectivity index (χ0v) is 15.6. The zero-order chi connectivity index (χ0) is 16.3. The van der Waals surface area contributed by atoms with Crippen molar-refractivity contribution >= 4 is 32.7 Å². The van der Waals surface area contributed by atoms with E-state index in [1.54, 1.807) is 6.07 Å². The van der Waals surface area contributed by atoms with Crippen LogP contribution in [-0.4, -0.2) is 39.5 Å². The third-order valence-corrected chi connectivity index (χ3v) is 8.22. The molecule has 0 atom stereocenters. The van der Waals surface area contributed by atoms with E-state index in [9.17, 15) is 8.42 Å². The molecule has 1 aliphatic rings. The Morgan fingerprint density at radius 3 is 2.65 bits per heavy atom. The second kappa shape index (κ2) is 7.44. The topological polar surface area (TPSA) is 49.4 Å². The van der Waals surface area contributed by atoms with Gasteiger partial charge in [-0.05, 0) is 62.4 Å². The number of nitrogens with one attached hydrogen (secondary N) is 1. The molecular formula is C16H22N2O2S3. The van der Waals surface area contributed by atoms with Gasteiger partial charge in [-0.2, -0.15) is 0 Å². The van der Waals surface area contributed by atoms with Crippen LogP contribution in [0.5, 0.6) is 0 Å². The average Bonchev–Trinajstić information content (AvgIpc) is 3.19. The largest absolute Gasteiger partial charge is 0.302 e. The fourth-order valence-corrected chi connectivity index (χ4v) is 6.18. The number of piperidine rings is 1. The first kappa shape index (κ1) is 17.1. The predicted octanol–water partition coefficient (Wildman–Crippen LogP) is 3.28. The van der Waals surface area contributed by atoms with E-state index in [0.29, 0.717) is 16.7 Å². The minimum absolute atomic E-state index is 0.409. The molecule has 1 fully saturated rings. The molecule has 0 bridgehead atoms. The predicted molar refractivity (Wildman–Crippen MR) is 97.0 cm³/mol. The van der Waals surface area contributed by atoms with Gasteiger partial charge in [0.25, 0.3) is 0 Å². The fourth-order valence-electron chi connectivity index (χ4n) is 2.93. The molecule has 126 valence electrons. The van der Waals surface area contributed by atoms with Crippen molar-refractivity contribution in [2.75, 3.05) is 26.2 Å². The number of thiophene rings is 2. The summed E-state index contributed by atoms with van der Waals surface area (Å²) in [5.74, 6) is 0.678. The second-order valence-corrected chi connectivity index (χ2v) is 10.2. The Morgan fingerprint density at radius 1 is 1.26 bits per heavy atom. The van der Waals surface area contributed by atoms with Gasteiger partial charge in [0.2, 0.25) is 10.0 Å². The van der Waals surface area contributed by atoms with Crippen molar-refractivity contribution in [1.82, 2.24) is 9.62 Å². The van der Waals surface area contributed by atoms with E-state index in [0.717, 1.165) is 37.4 Å². The van der Waals surface area contributed by atoms with Crippen molar-refractivity contribution in [3.8, 4) is 0 Å². The summed E-state index contributed by atoms with van der Waals surface area (Å²) in [4.78, 5) is 4.85. The van der Waals surface area contributed by atoms with Crippen LogP contribution in [0.25, 0.3) is 0 Å². The molecule has 0 radical (unpaired) electrons. The molecule has 2 aromatic rings. The molecule has 1 aliphatic heterocycles. The van der Waals surface area contributed by atoms with Gasteiger partial charge in [0.05, 0.1) is 0 Å². The zero-order valence-electron chi connectivity index (χ0n) is 13.2. The van der Waals surface area contributed by atoms with Crippen molar-refractivity contribution in [3.63, 3.8) is 0 Å². The van der Waals surface area contributed by atoms with Crippen molar-refractivity contribution in [1.29, 1.82) is 0 Å². The molecule has 0 aromatic carbocycles. The normalized spacial score (nSPS) is 17.6. The molecule has 0 aliphatic carbocycles. The molecule has 0 unspecified atom stereocenters. The van der Waals surface area contributed by atoms with Gasteiger partial charge < -0.3 is 4.90 Å². The van der Waals surface area contributed by atoms with E-state index >= 15 is 0 Å². The molecule has 3 rings (SSSR count). The van der Waals surface area contributed by atoms with Crippen molar-refractivity contribution < 1.29 is 8.42 Å². The lowest BCUT2D eigenvalue weighted by Crippen LogP contribution is -2.39. The molecule has 1 N–H and O–H groups in total. The summed E-state index contributed by atoms with van der Waals surface area (Å²) >= 11 is 3.16. The van der Waals surface area contributed by atoms with E-state index in [2.05, 4.69) is 27.1 Å². The van der Waals surface area contributed by atoms with Crippen LogP contribution in [0, 0.1) is 6.92 Å². The lowest BCUT2D eigenvalue weighted by molar-refractivity contribution is 0.217. The van der Waals surface area contributed by atoms with Gasteiger partial charge in [-0.25, -0.2) is 13.1 Å². The number of hydrogen-bond donors (Lipinski definition) is 1. The molecule has 0 spiro atoms. The minimum Gasteiger partial charge on any atom is -0.302 e. The molecule has 7 heteroatoms. The highest BCUT2D eigenvalue weighted by Gasteiger charge is 2.22. The molecule has 3 heterocycles. The van der Waals surface area contributed by atoms with Crippen LogP contribution in [0.2, 0.25) is 0 Å². The van der Waals surface area contributed by atoms with Gasteiger partial charge in [0, 0.05) is 22.8 Å². The Bertz CT molecular complexity index is 714. The number of hydrogen-bond acceptors (Lipinski definition) is 5. The Morgan fingerprint density at radius 2 is 2.04 bits per heavy atom. The fraction of sp³-hybridized carbons (Fsp3) is 0.500. The van der Waals surface area contributed by atoms with Gasteiger partial charge in [-0.1, -0.05) is 6.07 Å². The third kappa shape index (κ3) is 4.42. The second-order valence-electron chi connectivity index (χ2n) is 5.89. The first-order valence-electron chi connectivity index (χ1n) is 7.86. The molecular weight excluding hydrogens is 348 g/mol. The first-order valence-corrected chi connectivity index (χ1v) is 11.0. The number of aryl methyl sites for hydroxylation is 1. The van der Waals surface area contributed by atoms with Crippen LogP contribution < -0.4 is 4.72 Å². The van der Waals surface area contributed by atoms with Crippen LogP contribution in [0.4, 0.5) is 0 Å². The van der Waals surface area contributed by atoms with Crippen LogP contribution in [0.1, 0.15) is 28.5 Å². The van der Waals surface area contributed by atoms with Crippen LogP contribution in [0.3, 0.4) is 0 Å². The third-order valence-electron chi connectivity index (χ3n) is 4.23. The maximum absolute atomic E-state index is 12.2.